The molecular weight excluding hydrogens is 754 g/mol. The maximum absolute atomic E-state index is 15.1. The summed E-state index contributed by atoms with van der Waals surface area (Å²) in [5.41, 5.74) is 2.04. The molecule has 3 aliphatic heterocycles. The predicted octanol–water partition coefficient (Wildman–Crippen LogP) is 4.89. The number of carbonyl (C=O) groups is 4. The van der Waals surface area contributed by atoms with Gasteiger partial charge in [-0.1, -0.05) is 27.7 Å². The summed E-state index contributed by atoms with van der Waals surface area (Å²) in [5.74, 6) is -0.738. The van der Waals surface area contributed by atoms with Crippen molar-refractivity contribution < 1.29 is 33.0 Å². The van der Waals surface area contributed by atoms with Crippen LogP contribution in [0.1, 0.15) is 79.7 Å². The first-order valence-electron chi connectivity index (χ1n) is 20.5. The van der Waals surface area contributed by atoms with Crippen molar-refractivity contribution >= 4 is 35.0 Å². The van der Waals surface area contributed by atoms with Gasteiger partial charge >= 0.3 is 0 Å². The van der Waals surface area contributed by atoms with Crippen molar-refractivity contribution in [2.45, 2.75) is 71.6 Å². The van der Waals surface area contributed by atoms with Gasteiger partial charge in [-0.15, -0.1) is 0 Å². The van der Waals surface area contributed by atoms with Gasteiger partial charge in [0.15, 0.2) is 0 Å². The number of amides is 4. The smallest absolute Gasteiger partial charge is 0.254 e. The minimum atomic E-state index is -0.864. The SMILES string of the molecule is COc1cc(O[C@H]2C(C)(C)[C@H](NC(=O)c3ccc(N4CCC(CN5CCN(c6ccc(C(=O)NC7CCC(=O)NC7=O)c(F)c6)CC5)CC4)cc3)C2(C)C)ccc1C#N. The van der Waals surface area contributed by atoms with Crippen LogP contribution in [0.3, 0.4) is 0 Å². The number of hydrogen-bond donors (Lipinski definition) is 3. The van der Waals surface area contributed by atoms with Gasteiger partial charge in [0.1, 0.15) is 35.5 Å². The summed E-state index contributed by atoms with van der Waals surface area (Å²) in [7, 11) is 1.53. The monoisotopic (exact) mass is 807 g/mol. The van der Waals surface area contributed by atoms with E-state index in [9.17, 15) is 24.4 Å². The molecule has 4 amide bonds. The molecule has 7 rings (SSSR count). The van der Waals surface area contributed by atoms with Crippen molar-refractivity contribution in [3.05, 3.63) is 83.2 Å². The lowest BCUT2D eigenvalue weighted by Crippen LogP contribution is -2.74. The molecule has 0 radical (unpaired) electrons. The molecular formula is C45H54FN7O6. The van der Waals surface area contributed by atoms with E-state index in [-0.39, 0.29) is 53.2 Å². The molecule has 1 aliphatic carbocycles. The molecule has 13 nitrogen and oxygen atoms in total. The molecule has 4 aliphatic rings. The zero-order valence-electron chi connectivity index (χ0n) is 34.5. The molecule has 1 unspecified atom stereocenters. The van der Waals surface area contributed by atoms with E-state index >= 15 is 4.39 Å². The first-order chi connectivity index (χ1) is 28.2. The number of benzene rings is 3. The number of nitrogens with one attached hydrogen (secondary N) is 3. The quantitative estimate of drug-likeness (QED) is 0.228. The fourth-order valence-electron chi connectivity index (χ4n) is 9.69. The number of ether oxygens (including phenoxy) is 2. The van der Waals surface area contributed by atoms with Crippen LogP contribution < -0.4 is 35.2 Å². The fourth-order valence-corrected chi connectivity index (χ4v) is 9.69. The lowest BCUT2D eigenvalue weighted by atomic mass is 9.49. The van der Waals surface area contributed by atoms with E-state index in [1.807, 2.05) is 24.3 Å². The van der Waals surface area contributed by atoms with Crippen LogP contribution in [0.4, 0.5) is 15.8 Å². The van der Waals surface area contributed by atoms with Crippen LogP contribution in [-0.4, -0.2) is 99.6 Å². The Hall–Kier alpha value is -5.68. The summed E-state index contributed by atoms with van der Waals surface area (Å²) in [6.07, 6.45) is 2.27. The third kappa shape index (κ3) is 8.71. The second-order valence-corrected chi connectivity index (χ2v) is 17.4. The molecule has 3 aromatic carbocycles. The van der Waals surface area contributed by atoms with Crippen molar-refractivity contribution in [1.29, 1.82) is 5.26 Å². The van der Waals surface area contributed by atoms with Crippen LogP contribution in [0.25, 0.3) is 0 Å². The number of piperazine rings is 1. The van der Waals surface area contributed by atoms with Crippen LogP contribution >= 0.6 is 0 Å². The Labute approximate surface area is 345 Å². The number of hydrogen-bond acceptors (Lipinski definition) is 10. The topological polar surface area (TPSA) is 156 Å². The Balaban J connectivity index is 0.844. The average Bonchev–Trinajstić information content (AvgIpc) is 3.23. The molecule has 0 bridgehead atoms. The van der Waals surface area contributed by atoms with E-state index in [2.05, 4.69) is 64.4 Å². The summed E-state index contributed by atoms with van der Waals surface area (Å²) in [6, 6.07) is 18.8. The van der Waals surface area contributed by atoms with Gasteiger partial charge in [-0.05, 0) is 79.8 Å². The van der Waals surface area contributed by atoms with E-state index in [4.69, 9.17) is 9.47 Å². The third-order valence-electron chi connectivity index (χ3n) is 12.8. The second kappa shape index (κ2) is 16.9. The minimum Gasteiger partial charge on any atom is -0.495 e. The third-order valence-corrected chi connectivity index (χ3v) is 12.8. The Morgan fingerprint density at radius 2 is 1.51 bits per heavy atom. The molecule has 1 saturated carbocycles. The number of nitriles is 1. The highest BCUT2D eigenvalue weighted by Crippen LogP contribution is 2.55. The maximum atomic E-state index is 15.1. The van der Waals surface area contributed by atoms with E-state index in [1.54, 1.807) is 24.3 Å². The minimum absolute atomic E-state index is 0.114. The molecule has 0 aromatic heterocycles. The van der Waals surface area contributed by atoms with Crippen molar-refractivity contribution in [2.75, 3.05) is 62.7 Å². The van der Waals surface area contributed by atoms with Crippen molar-refractivity contribution in [3.63, 3.8) is 0 Å². The Morgan fingerprint density at radius 1 is 0.847 bits per heavy atom. The predicted molar refractivity (Wildman–Crippen MR) is 221 cm³/mol. The summed E-state index contributed by atoms with van der Waals surface area (Å²) >= 11 is 0. The molecule has 4 fully saturated rings. The molecule has 1 atom stereocenters. The number of imide groups is 1. The normalized spacial score (nSPS) is 23.0. The van der Waals surface area contributed by atoms with Gasteiger partial charge in [-0.2, -0.15) is 5.26 Å². The Kier molecular flexibility index (Phi) is 11.9. The van der Waals surface area contributed by atoms with Crippen molar-refractivity contribution in [1.82, 2.24) is 20.9 Å². The molecule has 14 heteroatoms. The van der Waals surface area contributed by atoms with Gasteiger partial charge in [-0.3, -0.25) is 29.4 Å². The van der Waals surface area contributed by atoms with Crippen molar-refractivity contribution in [2.24, 2.45) is 16.7 Å². The summed E-state index contributed by atoms with van der Waals surface area (Å²) < 4.78 is 26.9. The van der Waals surface area contributed by atoms with E-state index < -0.39 is 23.7 Å². The highest BCUT2D eigenvalue weighted by molar-refractivity contribution is 6.04. The van der Waals surface area contributed by atoms with Crippen LogP contribution in [-0.2, 0) is 9.59 Å². The molecule has 3 heterocycles. The van der Waals surface area contributed by atoms with Gasteiger partial charge < -0.3 is 29.9 Å². The number of methoxy groups -OCH3 is 1. The van der Waals surface area contributed by atoms with Gasteiger partial charge in [0.25, 0.3) is 11.8 Å². The number of rotatable bonds is 11. The largest absolute Gasteiger partial charge is 0.495 e. The highest BCUT2D eigenvalue weighted by Gasteiger charge is 2.64. The standard InChI is InChI=1S/C45H54FN7O6/c1-44(2)42(45(3,4)43(44)59-33-12-8-30(26-47)37(25-33)58-5)50-39(55)29-6-9-31(10-7-29)52-18-16-28(17-19-52)27-51-20-22-53(23-21-51)32-11-13-34(35(46)24-32)40(56)48-36-14-15-38(54)49-41(36)57/h6-13,24-25,28,36,42-43H,14-23,27H2,1-5H3,(H,48,56)(H,50,55)(H,49,54,57)/t36?,42-,43-. The van der Waals surface area contributed by atoms with Gasteiger partial charge in [-0.25, -0.2) is 4.39 Å². The van der Waals surface area contributed by atoms with Gasteiger partial charge in [0, 0.05) is 92.1 Å². The van der Waals surface area contributed by atoms with E-state index in [0.29, 0.717) is 34.2 Å². The Bertz CT molecular complexity index is 2100. The van der Waals surface area contributed by atoms with Gasteiger partial charge in [0.2, 0.25) is 11.8 Å². The molecule has 3 aromatic rings. The summed E-state index contributed by atoms with van der Waals surface area (Å²) in [5, 5.41) is 17.4. The maximum Gasteiger partial charge on any atom is 0.254 e. The van der Waals surface area contributed by atoms with Crippen molar-refractivity contribution in [3.8, 4) is 17.6 Å². The second-order valence-electron chi connectivity index (χ2n) is 17.4. The van der Waals surface area contributed by atoms with E-state index in [0.717, 1.165) is 64.3 Å². The Morgan fingerprint density at radius 3 is 2.14 bits per heavy atom. The lowest BCUT2D eigenvalue weighted by Gasteiger charge is -2.63. The number of nitrogens with zero attached hydrogens (tertiary/aromatic N) is 4. The number of anilines is 2. The first-order valence-corrected chi connectivity index (χ1v) is 20.5. The van der Waals surface area contributed by atoms with E-state index in [1.165, 1.54) is 19.2 Å². The zero-order valence-corrected chi connectivity index (χ0v) is 34.5. The molecule has 3 saturated heterocycles. The molecule has 3 N–H and O–H groups in total. The first kappa shape index (κ1) is 41.5. The van der Waals surface area contributed by atoms with Gasteiger partial charge in [0.05, 0.1) is 18.2 Å². The average molecular weight is 808 g/mol. The molecule has 312 valence electrons. The molecule has 0 spiro atoms. The lowest BCUT2D eigenvalue weighted by molar-refractivity contribution is -0.164. The van der Waals surface area contributed by atoms with Crippen LogP contribution in [0.2, 0.25) is 0 Å². The van der Waals surface area contributed by atoms with Crippen LogP contribution in [0.15, 0.2) is 60.7 Å². The van der Waals surface area contributed by atoms with Crippen LogP contribution in [0, 0.1) is 33.9 Å². The zero-order chi connectivity index (χ0) is 42.1. The highest BCUT2D eigenvalue weighted by atomic mass is 19.1. The number of piperidine rings is 2. The summed E-state index contributed by atoms with van der Waals surface area (Å²) in [4.78, 5) is 56.6. The summed E-state index contributed by atoms with van der Waals surface area (Å²) in [6.45, 7) is 14.5. The number of halogens is 1. The number of carbonyl (C=O) groups excluding carboxylic acids is 4. The molecule has 59 heavy (non-hydrogen) atoms. The van der Waals surface area contributed by atoms with Crippen LogP contribution in [0.5, 0.6) is 11.5 Å². The fraction of sp³-hybridized carbons (Fsp3) is 0.489.